The molecule has 0 aliphatic heterocycles. The summed E-state index contributed by atoms with van der Waals surface area (Å²) in [6.07, 6.45) is 4.23. The summed E-state index contributed by atoms with van der Waals surface area (Å²) in [4.78, 5) is 0. The largest absolute Gasteiger partial charge is 0.379 e. The fourth-order valence-electron chi connectivity index (χ4n) is 4.77. The van der Waals surface area contributed by atoms with Crippen LogP contribution in [0.2, 0.25) is 0 Å². The van der Waals surface area contributed by atoms with Crippen molar-refractivity contribution >= 4 is 0 Å². The standard InChI is InChI=1S/C28H27F5O/c1-2-34-21-11-9-20(10-12-21)23-14-13-22(26(31)27(23)32)19-7-5-17(6-8-19)3-4-18-15-24(29)28(33)25(30)16-18/h5-8,13-16,20-21H,2-4,9-12H2,1H3. The summed E-state index contributed by atoms with van der Waals surface area (Å²) in [5, 5.41) is 0. The highest BCUT2D eigenvalue weighted by Crippen LogP contribution is 2.37. The maximum absolute atomic E-state index is 15.0. The van der Waals surface area contributed by atoms with E-state index in [0.717, 1.165) is 43.4 Å². The van der Waals surface area contributed by atoms with E-state index < -0.39 is 29.1 Å². The Morgan fingerprint density at radius 3 is 1.94 bits per heavy atom. The molecule has 180 valence electrons. The molecule has 0 spiro atoms. The lowest BCUT2D eigenvalue weighted by Gasteiger charge is -2.29. The Hall–Kier alpha value is -2.73. The van der Waals surface area contributed by atoms with E-state index in [2.05, 4.69) is 0 Å². The van der Waals surface area contributed by atoms with Gasteiger partial charge >= 0.3 is 0 Å². The molecule has 6 heteroatoms. The third kappa shape index (κ3) is 5.33. The first-order valence-electron chi connectivity index (χ1n) is 11.7. The molecule has 3 aromatic carbocycles. The highest BCUT2D eigenvalue weighted by molar-refractivity contribution is 5.65. The van der Waals surface area contributed by atoms with Crippen LogP contribution in [0.5, 0.6) is 0 Å². The highest BCUT2D eigenvalue weighted by Gasteiger charge is 2.26. The van der Waals surface area contributed by atoms with Crippen molar-refractivity contribution < 1.29 is 26.7 Å². The first kappa shape index (κ1) is 24.4. The predicted molar refractivity (Wildman–Crippen MR) is 122 cm³/mol. The monoisotopic (exact) mass is 474 g/mol. The molecule has 1 aliphatic rings. The smallest absolute Gasteiger partial charge is 0.194 e. The highest BCUT2D eigenvalue weighted by atomic mass is 19.2. The maximum Gasteiger partial charge on any atom is 0.194 e. The number of hydrogen-bond donors (Lipinski definition) is 0. The minimum atomic E-state index is -1.48. The van der Waals surface area contributed by atoms with Crippen molar-refractivity contribution in [3.8, 4) is 11.1 Å². The minimum absolute atomic E-state index is 0.0104. The lowest BCUT2D eigenvalue weighted by molar-refractivity contribution is 0.0325. The molecule has 0 heterocycles. The van der Waals surface area contributed by atoms with Gasteiger partial charge in [-0.1, -0.05) is 36.4 Å². The van der Waals surface area contributed by atoms with Crippen LogP contribution in [0, 0.1) is 29.1 Å². The Kier molecular flexibility index (Phi) is 7.67. The van der Waals surface area contributed by atoms with Gasteiger partial charge in [-0.05, 0) is 85.8 Å². The number of halogens is 5. The number of rotatable bonds is 7. The predicted octanol–water partition coefficient (Wildman–Crippen LogP) is 7.90. The maximum atomic E-state index is 15.0. The second-order valence-corrected chi connectivity index (χ2v) is 8.83. The lowest BCUT2D eigenvalue weighted by atomic mass is 9.82. The summed E-state index contributed by atoms with van der Waals surface area (Å²) >= 11 is 0. The van der Waals surface area contributed by atoms with E-state index in [1.54, 1.807) is 36.4 Å². The van der Waals surface area contributed by atoms with Gasteiger partial charge in [-0.15, -0.1) is 0 Å². The molecule has 0 radical (unpaired) electrons. The van der Waals surface area contributed by atoms with E-state index in [-0.39, 0.29) is 17.6 Å². The number of hydrogen-bond acceptors (Lipinski definition) is 1. The molecule has 0 bridgehead atoms. The summed E-state index contributed by atoms with van der Waals surface area (Å²) in [6, 6.07) is 12.2. The van der Waals surface area contributed by atoms with Crippen LogP contribution in [0.15, 0.2) is 48.5 Å². The molecule has 1 aliphatic carbocycles. The van der Waals surface area contributed by atoms with Crippen molar-refractivity contribution in [2.75, 3.05) is 6.61 Å². The van der Waals surface area contributed by atoms with E-state index in [1.807, 2.05) is 6.92 Å². The van der Waals surface area contributed by atoms with Crippen LogP contribution in [0.25, 0.3) is 11.1 Å². The van der Waals surface area contributed by atoms with Gasteiger partial charge in [0.15, 0.2) is 29.1 Å². The van der Waals surface area contributed by atoms with E-state index in [0.29, 0.717) is 36.1 Å². The first-order valence-corrected chi connectivity index (χ1v) is 11.7. The molecule has 1 nitrogen and oxygen atoms in total. The summed E-state index contributed by atoms with van der Waals surface area (Å²) in [6.45, 7) is 2.62. The average molecular weight is 475 g/mol. The zero-order valence-electron chi connectivity index (χ0n) is 19.0. The fraction of sp³-hybridized carbons (Fsp3) is 0.357. The SMILES string of the molecule is CCOC1CCC(c2ccc(-c3ccc(CCc4cc(F)c(F)c(F)c4)cc3)c(F)c2F)CC1. The van der Waals surface area contributed by atoms with Crippen LogP contribution in [-0.2, 0) is 17.6 Å². The summed E-state index contributed by atoms with van der Waals surface area (Å²) in [7, 11) is 0. The van der Waals surface area contributed by atoms with Gasteiger partial charge in [0.1, 0.15) is 0 Å². The number of ether oxygens (including phenoxy) is 1. The van der Waals surface area contributed by atoms with Crippen LogP contribution < -0.4 is 0 Å². The molecule has 0 unspecified atom stereocenters. The normalized spacial score (nSPS) is 18.3. The zero-order valence-corrected chi connectivity index (χ0v) is 19.0. The van der Waals surface area contributed by atoms with Crippen LogP contribution >= 0.6 is 0 Å². The van der Waals surface area contributed by atoms with Crippen molar-refractivity contribution in [2.24, 2.45) is 0 Å². The third-order valence-corrected chi connectivity index (χ3v) is 6.64. The molecular weight excluding hydrogens is 447 g/mol. The van der Waals surface area contributed by atoms with E-state index >= 15 is 0 Å². The van der Waals surface area contributed by atoms with Crippen molar-refractivity contribution in [1.29, 1.82) is 0 Å². The molecule has 0 aromatic heterocycles. The Balaban J connectivity index is 1.44. The van der Waals surface area contributed by atoms with Gasteiger partial charge in [-0.3, -0.25) is 0 Å². The third-order valence-electron chi connectivity index (χ3n) is 6.64. The van der Waals surface area contributed by atoms with Gasteiger partial charge in [0.2, 0.25) is 0 Å². The van der Waals surface area contributed by atoms with Crippen molar-refractivity contribution in [1.82, 2.24) is 0 Å². The summed E-state index contributed by atoms with van der Waals surface area (Å²) < 4.78 is 75.5. The molecule has 1 fully saturated rings. The van der Waals surface area contributed by atoms with E-state index in [1.165, 1.54) is 0 Å². The van der Waals surface area contributed by atoms with Crippen molar-refractivity contribution in [2.45, 2.75) is 57.5 Å². The average Bonchev–Trinajstić information content (AvgIpc) is 2.84. The van der Waals surface area contributed by atoms with E-state index in [9.17, 15) is 22.0 Å². The molecule has 0 amide bonds. The fourth-order valence-corrected chi connectivity index (χ4v) is 4.77. The molecule has 1 saturated carbocycles. The van der Waals surface area contributed by atoms with Gasteiger partial charge in [0.25, 0.3) is 0 Å². The molecule has 0 atom stereocenters. The van der Waals surface area contributed by atoms with Gasteiger partial charge < -0.3 is 4.74 Å². The summed E-state index contributed by atoms with van der Waals surface area (Å²) in [5.41, 5.74) is 2.37. The minimum Gasteiger partial charge on any atom is -0.379 e. The Morgan fingerprint density at radius 1 is 0.706 bits per heavy atom. The molecule has 0 saturated heterocycles. The zero-order chi connectivity index (χ0) is 24.2. The number of benzene rings is 3. The molecule has 3 aromatic rings. The van der Waals surface area contributed by atoms with E-state index in [4.69, 9.17) is 4.74 Å². The van der Waals surface area contributed by atoms with Gasteiger partial charge in [0.05, 0.1) is 6.10 Å². The van der Waals surface area contributed by atoms with Crippen molar-refractivity contribution in [3.63, 3.8) is 0 Å². The second-order valence-electron chi connectivity index (χ2n) is 8.83. The molecule has 34 heavy (non-hydrogen) atoms. The lowest BCUT2D eigenvalue weighted by Crippen LogP contribution is -2.21. The topological polar surface area (TPSA) is 9.23 Å². The van der Waals surface area contributed by atoms with Crippen LogP contribution in [0.3, 0.4) is 0 Å². The van der Waals surface area contributed by atoms with Gasteiger partial charge in [-0.25, -0.2) is 22.0 Å². The number of aryl methyl sites for hydroxylation is 2. The quantitative estimate of drug-likeness (QED) is 0.250. The summed E-state index contributed by atoms with van der Waals surface area (Å²) in [5.74, 6) is -5.56. The Morgan fingerprint density at radius 2 is 1.32 bits per heavy atom. The molecule has 0 N–H and O–H groups in total. The van der Waals surface area contributed by atoms with Gasteiger partial charge in [0, 0.05) is 12.2 Å². The Labute approximate surface area is 196 Å². The molecule has 4 rings (SSSR count). The van der Waals surface area contributed by atoms with Gasteiger partial charge in [-0.2, -0.15) is 0 Å². The van der Waals surface area contributed by atoms with Crippen molar-refractivity contribution in [3.05, 3.63) is 94.3 Å². The Bertz CT molecular complexity index is 1110. The first-order chi connectivity index (χ1) is 16.4. The van der Waals surface area contributed by atoms with Crippen LogP contribution in [0.1, 0.15) is 55.2 Å². The van der Waals surface area contributed by atoms with Crippen LogP contribution in [-0.4, -0.2) is 12.7 Å². The van der Waals surface area contributed by atoms with Crippen LogP contribution in [0.4, 0.5) is 22.0 Å². The second kappa shape index (κ2) is 10.7. The molecular formula is C28H27F5O.